The Morgan fingerprint density at radius 3 is 2.81 bits per heavy atom. The summed E-state index contributed by atoms with van der Waals surface area (Å²) in [5, 5.41) is 5.94. The number of aromatic nitrogens is 4. The summed E-state index contributed by atoms with van der Waals surface area (Å²) < 4.78 is 0. The minimum atomic E-state index is -0.232. The van der Waals surface area contributed by atoms with E-state index in [1.165, 1.54) is 0 Å². The molecule has 0 saturated carbocycles. The van der Waals surface area contributed by atoms with E-state index in [1.807, 2.05) is 20.8 Å². The van der Waals surface area contributed by atoms with Crippen molar-refractivity contribution in [3.05, 3.63) is 35.9 Å². The van der Waals surface area contributed by atoms with Crippen molar-refractivity contribution in [3.8, 4) is 0 Å². The van der Waals surface area contributed by atoms with Gasteiger partial charge in [-0.25, -0.2) is 15.0 Å². The lowest BCUT2D eigenvalue weighted by Gasteiger charge is -2.12. The summed E-state index contributed by atoms with van der Waals surface area (Å²) in [6.45, 7) is 7.03. The van der Waals surface area contributed by atoms with Crippen LogP contribution in [0.3, 0.4) is 0 Å². The molecule has 0 fully saturated rings. The molecule has 0 unspecified atom stereocenters. The van der Waals surface area contributed by atoms with Gasteiger partial charge in [-0.05, 0) is 6.92 Å². The van der Waals surface area contributed by atoms with Crippen LogP contribution in [0.1, 0.15) is 48.7 Å². The smallest absolute Gasteiger partial charge is 0.272 e. The first-order valence-corrected chi connectivity index (χ1v) is 6.98. The van der Waals surface area contributed by atoms with Crippen molar-refractivity contribution in [3.63, 3.8) is 0 Å². The molecule has 7 heteroatoms. The Balaban J connectivity index is 2.18. The largest absolute Gasteiger partial charge is 0.382 e. The van der Waals surface area contributed by atoms with Crippen LogP contribution in [0.4, 0.5) is 5.69 Å². The Labute approximate surface area is 123 Å². The van der Waals surface area contributed by atoms with Crippen molar-refractivity contribution >= 4 is 11.6 Å². The minimum absolute atomic E-state index is 0.167. The summed E-state index contributed by atoms with van der Waals surface area (Å²) in [4.78, 5) is 27.8. The fourth-order valence-corrected chi connectivity index (χ4v) is 1.81. The molecule has 2 aromatic rings. The Kier molecular flexibility index (Phi) is 4.86. The summed E-state index contributed by atoms with van der Waals surface area (Å²) in [5.74, 6) is 0.591. The van der Waals surface area contributed by atoms with Gasteiger partial charge in [0, 0.05) is 18.7 Å². The number of hydrogen-bond donors (Lipinski definition) is 3. The zero-order valence-electron chi connectivity index (χ0n) is 12.5. The van der Waals surface area contributed by atoms with Crippen LogP contribution in [0, 0.1) is 0 Å². The number of rotatable bonds is 6. The quantitative estimate of drug-likeness (QED) is 0.751. The van der Waals surface area contributed by atoms with Crippen molar-refractivity contribution < 1.29 is 4.79 Å². The highest BCUT2D eigenvalue weighted by Gasteiger charge is 2.16. The maximum Gasteiger partial charge on any atom is 0.272 e. The molecule has 2 heterocycles. The van der Waals surface area contributed by atoms with E-state index in [4.69, 9.17) is 0 Å². The Bertz CT molecular complexity index is 594. The number of carbonyl (C=O) groups is 1. The van der Waals surface area contributed by atoms with Crippen molar-refractivity contribution in [2.24, 2.45) is 0 Å². The minimum Gasteiger partial charge on any atom is -0.382 e. The zero-order valence-corrected chi connectivity index (χ0v) is 12.5. The summed E-state index contributed by atoms with van der Waals surface area (Å²) in [6, 6.07) is 0. The van der Waals surface area contributed by atoms with Gasteiger partial charge < -0.3 is 15.6 Å². The van der Waals surface area contributed by atoms with Crippen LogP contribution in [0.15, 0.2) is 18.7 Å². The number of carbonyl (C=O) groups excluding carboxylic acids is 1. The molecule has 0 aliphatic carbocycles. The van der Waals surface area contributed by atoms with Crippen LogP contribution in [-0.4, -0.2) is 32.4 Å². The summed E-state index contributed by atoms with van der Waals surface area (Å²) in [5.41, 5.74) is 1.85. The van der Waals surface area contributed by atoms with Gasteiger partial charge in [0.15, 0.2) is 5.69 Å². The number of hydrogen-bond acceptors (Lipinski definition) is 5. The topological polar surface area (TPSA) is 95.6 Å². The number of imidazole rings is 1. The predicted molar refractivity (Wildman–Crippen MR) is 80.0 cm³/mol. The average Bonchev–Trinajstić information content (AvgIpc) is 2.98. The second-order valence-electron chi connectivity index (χ2n) is 4.94. The van der Waals surface area contributed by atoms with E-state index in [2.05, 4.69) is 30.6 Å². The van der Waals surface area contributed by atoms with Gasteiger partial charge in [-0.15, -0.1) is 0 Å². The maximum atomic E-state index is 12.3. The first kappa shape index (κ1) is 15.0. The third-order valence-corrected chi connectivity index (χ3v) is 2.90. The van der Waals surface area contributed by atoms with Gasteiger partial charge in [-0.2, -0.15) is 0 Å². The molecule has 0 radical (unpaired) electrons. The van der Waals surface area contributed by atoms with Crippen LogP contribution in [-0.2, 0) is 6.54 Å². The molecule has 0 aromatic carbocycles. The lowest BCUT2D eigenvalue weighted by atomic mass is 10.2. The van der Waals surface area contributed by atoms with E-state index in [0.29, 0.717) is 30.3 Å². The Hall–Kier alpha value is -2.44. The van der Waals surface area contributed by atoms with E-state index in [-0.39, 0.29) is 11.8 Å². The molecule has 0 aliphatic heterocycles. The Morgan fingerprint density at radius 1 is 1.38 bits per heavy atom. The zero-order chi connectivity index (χ0) is 15.2. The lowest BCUT2D eigenvalue weighted by molar-refractivity contribution is 0.0946. The molecule has 0 bridgehead atoms. The van der Waals surface area contributed by atoms with Crippen LogP contribution in [0.2, 0.25) is 0 Å². The molecule has 2 aromatic heterocycles. The van der Waals surface area contributed by atoms with Crippen molar-refractivity contribution in [2.45, 2.75) is 33.2 Å². The number of nitrogens with one attached hydrogen (secondary N) is 3. The van der Waals surface area contributed by atoms with Crippen LogP contribution in [0.5, 0.6) is 0 Å². The van der Waals surface area contributed by atoms with Gasteiger partial charge in [-0.1, -0.05) is 13.8 Å². The third-order valence-electron chi connectivity index (χ3n) is 2.90. The van der Waals surface area contributed by atoms with E-state index in [0.717, 1.165) is 5.69 Å². The fraction of sp³-hybridized carbons (Fsp3) is 0.429. The predicted octanol–water partition coefficient (Wildman–Crippen LogP) is 1.68. The van der Waals surface area contributed by atoms with E-state index >= 15 is 0 Å². The van der Waals surface area contributed by atoms with Gasteiger partial charge in [0.25, 0.3) is 5.91 Å². The highest BCUT2D eigenvalue weighted by atomic mass is 16.1. The molecule has 0 spiro atoms. The van der Waals surface area contributed by atoms with E-state index in [1.54, 1.807) is 18.7 Å². The second kappa shape index (κ2) is 6.83. The highest BCUT2D eigenvalue weighted by molar-refractivity contribution is 5.97. The molecular weight excluding hydrogens is 268 g/mol. The highest BCUT2D eigenvalue weighted by Crippen LogP contribution is 2.16. The standard InChI is InChI=1S/C14H20N6O/c1-4-16-11-7-17-13(9(2)3)20-12(11)14(21)18-6-10-5-15-8-19-10/h5,7-9,16H,4,6H2,1-3H3,(H,15,19)(H,18,21). The fourth-order valence-electron chi connectivity index (χ4n) is 1.81. The summed E-state index contributed by atoms with van der Waals surface area (Å²) in [6.07, 6.45) is 4.91. The molecule has 3 N–H and O–H groups in total. The molecule has 0 saturated heterocycles. The molecular formula is C14H20N6O. The van der Waals surface area contributed by atoms with Gasteiger partial charge in [0.05, 0.1) is 30.5 Å². The Morgan fingerprint density at radius 2 is 2.19 bits per heavy atom. The normalized spacial score (nSPS) is 10.7. The van der Waals surface area contributed by atoms with E-state index < -0.39 is 0 Å². The number of H-pyrrole nitrogens is 1. The van der Waals surface area contributed by atoms with Gasteiger partial charge in [0.1, 0.15) is 5.82 Å². The van der Waals surface area contributed by atoms with Crippen molar-refractivity contribution in [2.75, 3.05) is 11.9 Å². The molecule has 2 rings (SSSR count). The molecule has 0 atom stereocenters. The molecule has 0 aliphatic rings. The van der Waals surface area contributed by atoms with Gasteiger partial charge >= 0.3 is 0 Å². The lowest BCUT2D eigenvalue weighted by Crippen LogP contribution is -2.26. The van der Waals surface area contributed by atoms with Crippen LogP contribution in [0.25, 0.3) is 0 Å². The van der Waals surface area contributed by atoms with Gasteiger partial charge in [-0.3, -0.25) is 4.79 Å². The molecule has 112 valence electrons. The van der Waals surface area contributed by atoms with Crippen LogP contribution >= 0.6 is 0 Å². The number of nitrogens with zero attached hydrogens (tertiary/aromatic N) is 3. The summed E-state index contributed by atoms with van der Waals surface area (Å²) >= 11 is 0. The van der Waals surface area contributed by atoms with Crippen molar-refractivity contribution in [1.82, 2.24) is 25.3 Å². The molecule has 21 heavy (non-hydrogen) atoms. The number of anilines is 1. The second-order valence-corrected chi connectivity index (χ2v) is 4.94. The number of amides is 1. The monoisotopic (exact) mass is 288 g/mol. The maximum absolute atomic E-state index is 12.3. The third kappa shape index (κ3) is 3.77. The first-order chi connectivity index (χ1) is 10.1. The van der Waals surface area contributed by atoms with E-state index in [9.17, 15) is 4.79 Å². The summed E-state index contributed by atoms with van der Waals surface area (Å²) in [7, 11) is 0. The number of aromatic amines is 1. The SMILES string of the molecule is CCNc1cnc(C(C)C)nc1C(=O)NCc1cnc[nH]1. The van der Waals surface area contributed by atoms with Crippen LogP contribution < -0.4 is 10.6 Å². The average molecular weight is 288 g/mol. The molecule has 1 amide bonds. The van der Waals surface area contributed by atoms with Crippen molar-refractivity contribution in [1.29, 1.82) is 0 Å². The first-order valence-electron chi connectivity index (χ1n) is 6.98. The van der Waals surface area contributed by atoms with Gasteiger partial charge in [0.2, 0.25) is 0 Å². The molecule has 7 nitrogen and oxygen atoms in total.